The average Bonchev–Trinajstić information content (AvgIpc) is 3.65. The summed E-state index contributed by atoms with van der Waals surface area (Å²) < 4.78 is 12.1. The van der Waals surface area contributed by atoms with E-state index in [2.05, 4.69) is 140 Å². The van der Waals surface area contributed by atoms with Crippen molar-refractivity contribution >= 4 is 81.5 Å². The minimum absolute atomic E-state index is 0.887. The predicted molar refractivity (Wildman–Crippen MR) is 170 cm³/mol. The Morgan fingerprint density at radius 3 is 2.05 bits per heavy atom. The molecule has 0 saturated carbocycles. The summed E-state index contributed by atoms with van der Waals surface area (Å²) in [7, 11) is 0. The summed E-state index contributed by atoms with van der Waals surface area (Å²) in [5.41, 5.74) is 8.85. The highest BCUT2D eigenvalue weighted by Gasteiger charge is 2.21. The molecule has 4 heteroatoms. The van der Waals surface area contributed by atoms with Crippen LogP contribution in [0.4, 0.5) is 0 Å². The van der Waals surface area contributed by atoms with Crippen LogP contribution in [-0.2, 0) is 0 Å². The zero-order chi connectivity index (χ0) is 26.4. The molecular weight excluding hydrogens is 556 g/mol. The average molecular weight is 577 g/mol. The highest BCUT2D eigenvalue weighted by molar-refractivity contribution is 9.10. The van der Waals surface area contributed by atoms with Gasteiger partial charge in [0.1, 0.15) is 11.2 Å². The Balaban J connectivity index is 1.46. The number of rotatable bonds is 2. The zero-order valence-corrected chi connectivity index (χ0v) is 22.9. The van der Waals surface area contributed by atoms with E-state index in [0.717, 1.165) is 37.8 Å². The summed E-state index contributed by atoms with van der Waals surface area (Å²) in [6.07, 6.45) is 0. The molecule has 0 fully saturated rings. The van der Waals surface area contributed by atoms with E-state index in [4.69, 9.17) is 4.42 Å². The molecule has 0 radical (unpaired) electrons. The SMILES string of the molecule is Brc1cccc2oc3ccc(-n4c5ccccc5c5c4ccc4c6ccccc6n(-c6ccccc6)c45)cc3c12. The molecule has 0 atom stereocenters. The molecule has 188 valence electrons. The molecule has 40 heavy (non-hydrogen) atoms. The van der Waals surface area contributed by atoms with Gasteiger partial charge >= 0.3 is 0 Å². The number of fused-ring (bicyclic) bond motifs is 10. The van der Waals surface area contributed by atoms with Gasteiger partial charge in [0.2, 0.25) is 0 Å². The standard InChI is InChI=1S/C36H21BrN2O/c37-28-13-8-16-33-34(28)27-21-23(17-20-32(27)40-33)38-30-15-7-5-12-26(30)35-31(38)19-18-25-24-11-4-6-14-29(24)39(36(25)35)22-9-2-1-3-10-22/h1-21H. The molecule has 0 aliphatic heterocycles. The second-order valence-corrected chi connectivity index (χ2v) is 11.1. The van der Waals surface area contributed by atoms with Crippen molar-refractivity contribution in [2.24, 2.45) is 0 Å². The number of aromatic nitrogens is 2. The smallest absolute Gasteiger partial charge is 0.136 e. The van der Waals surface area contributed by atoms with E-state index in [-0.39, 0.29) is 0 Å². The fraction of sp³-hybridized carbons (Fsp3) is 0. The van der Waals surface area contributed by atoms with Gasteiger partial charge in [-0.3, -0.25) is 0 Å². The van der Waals surface area contributed by atoms with Gasteiger partial charge in [-0.2, -0.15) is 0 Å². The topological polar surface area (TPSA) is 23.0 Å². The second kappa shape index (κ2) is 8.10. The highest BCUT2D eigenvalue weighted by atomic mass is 79.9. The van der Waals surface area contributed by atoms with E-state index in [9.17, 15) is 0 Å². The van der Waals surface area contributed by atoms with Crippen molar-refractivity contribution in [3.63, 3.8) is 0 Å². The first-order valence-electron chi connectivity index (χ1n) is 13.4. The van der Waals surface area contributed by atoms with Crippen LogP contribution in [0.1, 0.15) is 0 Å². The van der Waals surface area contributed by atoms with Gasteiger partial charge in [0.25, 0.3) is 0 Å². The minimum atomic E-state index is 0.887. The van der Waals surface area contributed by atoms with Crippen LogP contribution in [0, 0.1) is 0 Å². The Morgan fingerprint density at radius 1 is 0.450 bits per heavy atom. The summed E-state index contributed by atoms with van der Waals surface area (Å²) >= 11 is 3.75. The molecule has 0 aliphatic carbocycles. The third-order valence-corrected chi connectivity index (χ3v) is 8.83. The van der Waals surface area contributed by atoms with Crippen molar-refractivity contribution in [2.45, 2.75) is 0 Å². The van der Waals surface area contributed by atoms with Crippen LogP contribution in [0.5, 0.6) is 0 Å². The number of hydrogen-bond donors (Lipinski definition) is 0. The summed E-state index contributed by atoms with van der Waals surface area (Å²) in [5, 5.41) is 7.22. The number of furan rings is 1. The third kappa shape index (κ3) is 2.89. The third-order valence-electron chi connectivity index (χ3n) is 8.17. The summed E-state index contributed by atoms with van der Waals surface area (Å²) in [4.78, 5) is 0. The number of hydrogen-bond acceptors (Lipinski definition) is 1. The molecule has 0 spiro atoms. The molecule has 0 saturated heterocycles. The Hall–Kier alpha value is -4.80. The summed E-state index contributed by atoms with van der Waals surface area (Å²) in [6.45, 7) is 0. The highest BCUT2D eigenvalue weighted by Crippen LogP contribution is 2.43. The first-order valence-corrected chi connectivity index (χ1v) is 14.2. The van der Waals surface area contributed by atoms with Crippen LogP contribution in [0.25, 0.3) is 76.9 Å². The van der Waals surface area contributed by atoms with E-state index < -0.39 is 0 Å². The maximum atomic E-state index is 6.19. The van der Waals surface area contributed by atoms with Crippen molar-refractivity contribution < 1.29 is 4.42 Å². The monoisotopic (exact) mass is 576 g/mol. The molecule has 9 rings (SSSR count). The van der Waals surface area contributed by atoms with Crippen molar-refractivity contribution in [3.8, 4) is 11.4 Å². The Bertz CT molecular complexity index is 2440. The fourth-order valence-corrected chi connectivity index (χ4v) is 7.10. The largest absolute Gasteiger partial charge is 0.456 e. The minimum Gasteiger partial charge on any atom is -0.456 e. The summed E-state index contributed by atoms with van der Waals surface area (Å²) in [6, 6.07) is 45.4. The first kappa shape index (κ1) is 22.1. The van der Waals surface area contributed by atoms with Crippen molar-refractivity contribution in [3.05, 3.63) is 132 Å². The Labute approximate surface area is 237 Å². The van der Waals surface area contributed by atoms with E-state index in [1.165, 1.54) is 43.6 Å². The quantitative estimate of drug-likeness (QED) is 0.200. The molecule has 0 N–H and O–H groups in total. The van der Waals surface area contributed by atoms with Gasteiger partial charge in [-0.25, -0.2) is 0 Å². The fourth-order valence-electron chi connectivity index (χ4n) is 6.54. The van der Waals surface area contributed by atoms with Crippen molar-refractivity contribution in [1.29, 1.82) is 0 Å². The summed E-state index contributed by atoms with van der Waals surface area (Å²) in [5.74, 6) is 0. The van der Waals surface area contributed by atoms with Crippen LogP contribution >= 0.6 is 15.9 Å². The lowest BCUT2D eigenvalue weighted by atomic mass is 10.1. The lowest BCUT2D eigenvalue weighted by molar-refractivity contribution is 0.669. The van der Waals surface area contributed by atoms with Gasteiger partial charge < -0.3 is 13.6 Å². The predicted octanol–water partition coefficient (Wildman–Crippen LogP) is 10.5. The van der Waals surface area contributed by atoms with Crippen LogP contribution in [0.2, 0.25) is 0 Å². The van der Waals surface area contributed by atoms with Gasteiger partial charge in [0.15, 0.2) is 0 Å². The van der Waals surface area contributed by atoms with Gasteiger partial charge in [0.05, 0.1) is 22.1 Å². The molecule has 9 aromatic rings. The molecule has 0 amide bonds. The number of para-hydroxylation sites is 3. The molecule has 3 nitrogen and oxygen atoms in total. The molecular formula is C36H21BrN2O. The lowest BCUT2D eigenvalue weighted by Crippen LogP contribution is -1.95. The van der Waals surface area contributed by atoms with Crippen LogP contribution < -0.4 is 0 Å². The molecule has 6 aromatic carbocycles. The van der Waals surface area contributed by atoms with Crippen LogP contribution in [0.15, 0.2) is 136 Å². The van der Waals surface area contributed by atoms with Gasteiger partial charge in [-0.15, -0.1) is 0 Å². The zero-order valence-electron chi connectivity index (χ0n) is 21.3. The van der Waals surface area contributed by atoms with E-state index in [1.807, 2.05) is 12.1 Å². The van der Waals surface area contributed by atoms with Gasteiger partial charge in [-0.05, 0) is 60.7 Å². The molecule has 3 heterocycles. The maximum Gasteiger partial charge on any atom is 0.136 e. The number of nitrogens with zero attached hydrogens (tertiary/aromatic N) is 2. The number of benzene rings is 6. The normalized spacial score (nSPS) is 12.1. The molecule has 0 bridgehead atoms. The van der Waals surface area contributed by atoms with E-state index in [1.54, 1.807) is 0 Å². The molecule has 3 aromatic heterocycles. The molecule has 0 aliphatic rings. The van der Waals surface area contributed by atoms with Crippen molar-refractivity contribution in [2.75, 3.05) is 0 Å². The lowest BCUT2D eigenvalue weighted by Gasteiger charge is -2.10. The van der Waals surface area contributed by atoms with Gasteiger partial charge in [0, 0.05) is 48.2 Å². The maximum absolute atomic E-state index is 6.19. The second-order valence-electron chi connectivity index (χ2n) is 10.3. The Morgan fingerprint density at radius 2 is 1.20 bits per heavy atom. The molecule has 0 unspecified atom stereocenters. The van der Waals surface area contributed by atoms with Gasteiger partial charge in [-0.1, -0.05) is 82.7 Å². The van der Waals surface area contributed by atoms with E-state index >= 15 is 0 Å². The Kier molecular flexibility index (Phi) is 4.47. The first-order chi connectivity index (χ1) is 19.8. The van der Waals surface area contributed by atoms with Crippen molar-refractivity contribution in [1.82, 2.24) is 9.13 Å². The number of halogens is 1. The van der Waals surface area contributed by atoms with Crippen LogP contribution in [0.3, 0.4) is 0 Å². The van der Waals surface area contributed by atoms with E-state index in [0.29, 0.717) is 0 Å². The van der Waals surface area contributed by atoms with Crippen LogP contribution in [-0.4, -0.2) is 9.13 Å².